The summed E-state index contributed by atoms with van der Waals surface area (Å²) in [4.78, 5) is 10.2. The fraction of sp³-hybridized carbons (Fsp3) is 0.391. The summed E-state index contributed by atoms with van der Waals surface area (Å²) in [7, 11) is 0. The lowest BCUT2D eigenvalue weighted by atomic mass is 9.71. The Morgan fingerprint density at radius 3 is 2.15 bits per heavy atom. The van der Waals surface area contributed by atoms with E-state index in [0.29, 0.717) is 5.92 Å². The molecule has 1 aliphatic rings. The van der Waals surface area contributed by atoms with Gasteiger partial charge in [-0.3, -0.25) is 4.40 Å². The van der Waals surface area contributed by atoms with E-state index < -0.39 is 0 Å². The molecule has 0 N–H and O–H groups in total. The van der Waals surface area contributed by atoms with Gasteiger partial charge in [0.25, 0.3) is 0 Å². The molecule has 2 aromatic carbocycles. The van der Waals surface area contributed by atoms with Gasteiger partial charge >= 0.3 is 0 Å². The van der Waals surface area contributed by atoms with Crippen LogP contribution in [-0.2, 0) is 0 Å². The number of para-hydroxylation sites is 3. The van der Waals surface area contributed by atoms with Crippen molar-refractivity contribution < 1.29 is 0 Å². The molecule has 0 atom stereocenters. The van der Waals surface area contributed by atoms with Crippen LogP contribution in [0.2, 0.25) is 0 Å². The van der Waals surface area contributed by atoms with Gasteiger partial charge in [0.2, 0.25) is 0 Å². The van der Waals surface area contributed by atoms with Crippen LogP contribution in [0.4, 0.5) is 0 Å². The summed E-state index contributed by atoms with van der Waals surface area (Å²) in [5, 5.41) is 1.13. The van der Waals surface area contributed by atoms with Crippen LogP contribution >= 0.6 is 0 Å². The number of aromatic nitrogens is 3. The summed E-state index contributed by atoms with van der Waals surface area (Å²) in [6.45, 7) is 9.59. The molecule has 4 aromatic rings. The highest BCUT2D eigenvalue weighted by Gasteiger charge is 2.49. The normalized spacial score (nSPS) is 19.7. The molecular formula is C23H25N3. The Balaban J connectivity index is 1.98. The highest BCUT2D eigenvalue weighted by atomic mass is 15.1. The van der Waals surface area contributed by atoms with Crippen LogP contribution in [0.25, 0.3) is 27.6 Å². The summed E-state index contributed by atoms with van der Waals surface area (Å²) < 4.78 is 2.33. The molecule has 26 heavy (non-hydrogen) atoms. The minimum absolute atomic E-state index is 0.220. The Kier molecular flexibility index (Phi) is 3.08. The van der Waals surface area contributed by atoms with Crippen molar-refractivity contribution >= 4 is 27.6 Å². The fourth-order valence-corrected chi connectivity index (χ4v) is 5.26. The van der Waals surface area contributed by atoms with Gasteiger partial charge in [-0.1, -0.05) is 52.0 Å². The van der Waals surface area contributed by atoms with Gasteiger partial charge in [0.15, 0.2) is 0 Å². The van der Waals surface area contributed by atoms with Crippen molar-refractivity contribution in [3.63, 3.8) is 0 Å². The molecule has 1 aliphatic carbocycles. The van der Waals surface area contributed by atoms with E-state index in [2.05, 4.69) is 80.6 Å². The lowest BCUT2D eigenvalue weighted by Gasteiger charge is -2.35. The molecule has 1 saturated carbocycles. The number of hydrogen-bond donors (Lipinski definition) is 0. The van der Waals surface area contributed by atoms with Crippen LogP contribution < -0.4 is 0 Å². The van der Waals surface area contributed by atoms with Crippen molar-refractivity contribution in [1.82, 2.24) is 14.4 Å². The van der Waals surface area contributed by atoms with Gasteiger partial charge in [0.1, 0.15) is 11.5 Å². The maximum Gasteiger partial charge on any atom is 0.148 e. The molecule has 132 valence electrons. The number of hydrogen-bond acceptors (Lipinski definition) is 2. The molecule has 1 fully saturated rings. The third-order valence-corrected chi connectivity index (χ3v) is 6.40. The second-order valence-corrected chi connectivity index (χ2v) is 9.16. The first-order chi connectivity index (χ1) is 12.4. The summed E-state index contributed by atoms with van der Waals surface area (Å²) in [5.74, 6) is 1.56. The van der Waals surface area contributed by atoms with Crippen LogP contribution in [-0.4, -0.2) is 14.4 Å². The van der Waals surface area contributed by atoms with Gasteiger partial charge in [-0.25, -0.2) is 9.97 Å². The van der Waals surface area contributed by atoms with Crippen molar-refractivity contribution in [3.8, 4) is 0 Å². The van der Waals surface area contributed by atoms with Crippen LogP contribution in [0.3, 0.4) is 0 Å². The first-order valence-corrected chi connectivity index (χ1v) is 9.54. The second-order valence-electron chi connectivity index (χ2n) is 9.16. The van der Waals surface area contributed by atoms with E-state index in [4.69, 9.17) is 9.97 Å². The van der Waals surface area contributed by atoms with Crippen molar-refractivity contribution in [1.29, 1.82) is 0 Å². The number of benzene rings is 2. The highest BCUT2D eigenvalue weighted by molar-refractivity contribution is 5.96. The molecular weight excluding hydrogens is 318 g/mol. The minimum Gasteiger partial charge on any atom is -0.279 e. The molecule has 3 heteroatoms. The van der Waals surface area contributed by atoms with Crippen LogP contribution in [0.5, 0.6) is 0 Å². The molecule has 0 unspecified atom stereocenters. The first-order valence-electron chi connectivity index (χ1n) is 9.54. The van der Waals surface area contributed by atoms with Crippen molar-refractivity contribution in [2.45, 2.75) is 46.5 Å². The van der Waals surface area contributed by atoms with Crippen LogP contribution in [0.1, 0.15) is 52.3 Å². The van der Waals surface area contributed by atoms with Crippen LogP contribution in [0, 0.1) is 10.8 Å². The largest absolute Gasteiger partial charge is 0.279 e. The average molecular weight is 343 g/mol. The third kappa shape index (κ3) is 2.06. The maximum atomic E-state index is 5.22. The van der Waals surface area contributed by atoms with E-state index in [1.54, 1.807) is 0 Å². The van der Waals surface area contributed by atoms with E-state index in [0.717, 1.165) is 27.6 Å². The summed E-state index contributed by atoms with van der Waals surface area (Å²) >= 11 is 0. The van der Waals surface area contributed by atoms with Gasteiger partial charge in [-0.05, 0) is 47.9 Å². The van der Waals surface area contributed by atoms with Gasteiger partial charge < -0.3 is 0 Å². The van der Waals surface area contributed by atoms with Crippen molar-refractivity contribution in [3.05, 3.63) is 54.4 Å². The van der Waals surface area contributed by atoms with E-state index >= 15 is 0 Å². The smallest absolute Gasteiger partial charge is 0.148 e. The highest BCUT2D eigenvalue weighted by Crippen LogP contribution is 2.58. The number of fused-ring (bicyclic) bond motifs is 5. The summed E-state index contributed by atoms with van der Waals surface area (Å²) in [6.07, 6.45) is 2.46. The number of nitrogens with zero attached hydrogens (tertiary/aromatic N) is 3. The van der Waals surface area contributed by atoms with Gasteiger partial charge in [0.05, 0.1) is 16.6 Å². The van der Waals surface area contributed by atoms with E-state index in [1.807, 2.05) is 0 Å². The zero-order valence-electron chi connectivity index (χ0n) is 16.0. The Labute approximate surface area is 154 Å². The molecule has 5 rings (SSSR count). The molecule has 0 bridgehead atoms. The molecule has 0 amide bonds. The van der Waals surface area contributed by atoms with E-state index in [-0.39, 0.29) is 10.8 Å². The topological polar surface area (TPSA) is 30.2 Å². The minimum atomic E-state index is 0.220. The van der Waals surface area contributed by atoms with Crippen LogP contribution in [0.15, 0.2) is 48.5 Å². The Hall–Kier alpha value is -2.42. The number of rotatable bonds is 1. The molecule has 2 heterocycles. The zero-order valence-corrected chi connectivity index (χ0v) is 16.0. The SMILES string of the molecule is CC1(C)CCC(C)(C)C1c1nc2ccccc2c2nc3ccccc3n12. The maximum absolute atomic E-state index is 5.22. The predicted octanol–water partition coefficient (Wildman–Crippen LogP) is 5.97. The van der Waals surface area contributed by atoms with Crippen molar-refractivity contribution in [2.75, 3.05) is 0 Å². The monoisotopic (exact) mass is 343 g/mol. The molecule has 2 aromatic heterocycles. The van der Waals surface area contributed by atoms with E-state index in [1.165, 1.54) is 18.7 Å². The number of imidazole rings is 1. The average Bonchev–Trinajstić information content (AvgIpc) is 3.09. The molecule has 0 spiro atoms. The lowest BCUT2D eigenvalue weighted by Crippen LogP contribution is -2.28. The third-order valence-electron chi connectivity index (χ3n) is 6.40. The second kappa shape index (κ2) is 5.06. The summed E-state index contributed by atoms with van der Waals surface area (Å²) in [5.41, 5.74) is 4.72. The lowest BCUT2D eigenvalue weighted by molar-refractivity contribution is 0.228. The first kappa shape index (κ1) is 15.8. The zero-order chi connectivity index (χ0) is 18.1. The van der Waals surface area contributed by atoms with Gasteiger partial charge in [0, 0.05) is 11.3 Å². The van der Waals surface area contributed by atoms with Crippen molar-refractivity contribution in [2.24, 2.45) is 10.8 Å². The Morgan fingerprint density at radius 1 is 0.808 bits per heavy atom. The quantitative estimate of drug-likeness (QED) is 0.426. The molecule has 3 nitrogen and oxygen atoms in total. The Bertz CT molecular complexity index is 1130. The van der Waals surface area contributed by atoms with Gasteiger partial charge in [-0.2, -0.15) is 0 Å². The molecule has 0 aliphatic heterocycles. The van der Waals surface area contributed by atoms with E-state index in [9.17, 15) is 0 Å². The molecule has 0 saturated heterocycles. The predicted molar refractivity (Wildman–Crippen MR) is 108 cm³/mol. The summed E-state index contributed by atoms with van der Waals surface area (Å²) in [6, 6.07) is 16.8. The Morgan fingerprint density at radius 2 is 1.42 bits per heavy atom. The molecule has 0 radical (unpaired) electrons. The fourth-order valence-electron chi connectivity index (χ4n) is 5.26. The standard InChI is InChI=1S/C23H25N3/c1-22(2)13-14-23(3,4)19(22)21-24-16-10-6-5-9-15(16)20-25-17-11-7-8-12-18(17)26(20)21/h5-12,19H,13-14H2,1-4H3. The van der Waals surface area contributed by atoms with Gasteiger partial charge in [-0.15, -0.1) is 0 Å².